The Balaban J connectivity index is 2.22. The number of carbonyl (C=O) groups is 1. The molecular formula is C15H16N2O4. The second-order valence-electron chi connectivity index (χ2n) is 4.11. The molecule has 0 atom stereocenters. The molecule has 2 rings (SSSR count). The number of methoxy groups -OCH3 is 3. The summed E-state index contributed by atoms with van der Waals surface area (Å²) in [6, 6.07) is 8.39. The number of carbonyl (C=O) groups excluding carboxylic acids is 1. The molecule has 110 valence electrons. The van der Waals surface area contributed by atoms with Gasteiger partial charge in [-0.15, -0.1) is 0 Å². The molecule has 1 aromatic carbocycles. The number of pyridine rings is 1. The van der Waals surface area contributed by atoms with Gasteiger partial charge in [-0.3, -0.25) is 4.79 Å². The number of rotatable bonds is 5. The molecule has 0 aliphatic heterocycles. The van der Waals surface area contributed by atoms with E-state index in [1.54, 1.807) is 30.3 Å². The number of hydrogen-bond acceptors (Lipinski definition) is 5. The lowest BCUT2D eigenvalue weighted by atomic mass is 10.1. The molecule has 1 aromatic heterocycles. The molecule has 2 aromatic rings. The molecule has 1 heterocycles. The topological polar surface area (TPSA) is 69.7 Å². The minimum Gasteiger partial charge on any atom is -0.497 e. The van der Waals surface area contributed by atoms with Crippen molar-refractivity contribution < 1.29 is 19.0 Å². The quantitative estimate of drug-likeness (QED) is 0.914. The third kappa shape index (κ3) is 3.42. The molecule has 21 heavy (non-hydrogen) atoms. The van der Waals surface area contributed by atoms with Gasteiger partial charge in [0.25, 0.3) is 5.91 Å². The normalized spacial score (nSPS) is 9.86. The lowest BCUT2D eigenvalue weighted by Crippen LogP contribution is -2.13. The van der Waals surface area contributed by atoms with Gasteiger partial charge in [0, 0.05) is 6.07 Å². The van der Waals surface area contributed by atoms with E-state index < -0.39 is 0 Å². The van der Waals surface area contributed by atoms with Gasteiger partial charge in [-0.25, -0.2) is 4.98 Å². The van der Waals surface area contributed by atoms with Crippen LogP contribution in [0.4, 0.5) is 5.69 Å². The van der Waals surface area contributed by atoms with E-state index in [0.717, 1.165) is 0 Å². The van der Waals surface area contributed by atoms with Crippen LogP contribution in [-0.2, 0) is 0 Å². The first-order valence-corrected chi connectivity index (χ1v) is 6.21. The van der Waals surface area contributed by atoms with Crippen LogP contribution in [0.3, 0.4) is 0 Å². The van der Waals surface area contributed by atoms with Crippen molar-refractivity contribution in [2.45, 2.75) is 0 Å². The lowest BCUT2D eigenvalue weighted by molar-refractivity contribution is 0.102. The number of nitrogens with zero attached hydrogens (tertiary/aromatic N) is 1. The van der Waals surface area contributed by atoms with Crippen molar-refractivity contribution in [1.29, 1.82) is 0 Å². The first-order valence-electron chi connectivity index (χ1n) is 6.21. The fraction of sp³-hybridized carbons (Fsp3) is 0.200. The van der Waals surface area contributed by atoms with Gasteiger partial charge < -0.3 is 19.5 Å². The van der Waals surface area contributed by atoms with Gasteiger partial charge in [0.1, 0.15) is 11.5 Å². The zero-order valence-electron chi connectivity index (χ0n) is 12.0. The largest absolute Gasteiger partial charge is 0.497 e. The predicted octanol–water partition coefficient (Wildman–Crippen LogP) is 2.36. The summed E-state index contributed by atoms with van der Waals surface area (Å²) in [4.78, 5) is 16.3. The van der Waals surface area contributed by atoms with Crippen LogP contribution in [0.1, 0.15) is 10.4 Å². The van der Waals surface area contributed by atoms with E-state index in [1.165, 1.54) is 27.5 Å². The molecule has 6 heteroatoms. The Labute approximate surface area is 122 Å². The summed E-state index contributed by atoms with van der Waals surface area (Å²) >= 11 is 0. The highest BCUT2D eigenvalue weighted by molar-refractivity contribution is 6.06. The van der Waals surface area contributed by atoms with Gasteiger partial charge in [-0.05, 0) is 24.3 Å². The molecule has 0 radical (unpaired) electrons. The van der Waals surface area contributed by atoms with E-state index in [9.17, 15) is 4.79 Å². The molecule has 0 bridgehead atoms. The number of benzene rings is 1. The monoisotopic (exact) mass is 288 g/mol. The van der Waals surface area contributed by atoms with Crippen molar-refractivity contribution in [3.63, 3.8) is 0 Å². The molecule has 1 N–H and O–H groups in total. The number of aromatic nitrogens is 1. The van der Waals surface area contributed by atoms with E-state index in [2.05, 4.69) is 10.3 Å². The Kier molecular flexibility index (Phi) is 4.61. The van der Waals surface area contributed by atoms with Crippen LogP contribution in [0.5, 0.6) is 17.4 Å². The second-order valence-corrected chi connectivity index (χ2v) is 4.11. The molecule has 0 unspecified atom stereocenters. The molecule has 0 saturated carbocycles. The minimum atomic E-state index is -0.308. The van der Waals surface area contributed by atoms with Crippen LogP contribution < -0.4 is 19.5 Å². The summed E-state index contributed by atoms with van der Waals surface area (Å²) in [5.41, 5.74) is 0.943. The summed E-state index contributed by atoms with van der Waals surface area (Å²) in [5, 5.41) is 2.74. The standard InChI is InChI=1S/C15H16N2O4/c1-19-11-5-6-13(20-2)12(8-11)15(18)17-10-4-7-14(21-3)16-9-10/h4-9H,1-3H3,(H,17,18). The van der Waals surface area contributed by atoms with E-state index in [1.807, 2.05) is 0 Å². The summed E-state index contributed by atoms with van der Waals surface area (Å²) in [6.07, 6.45) is 1.52. The summed E-state index contributed by atoms with van der Waals surface area (Å²) in [5.74, 6) is 1.22. The van der Waals surface area contributed by atoms with Gasteiger partial charge >= 0.3 is 0 Å². The van der Waals surface area contributed by atoms with Crippen molar-refractivity contribution in [3.8, 4) is 17.4 Å². The maximum Gasteiger partial charge on any atom is 0.259 e. The maximum absolute atomic E-state index is 12.3. The first kappa shape index (κ1) is 14.6. The van der Waals surface area contributed by atoms with Crippen LogP contribution in [0.2, 0.25) is 0 Å². The molecule has 0 fully saturated rings. The van der Waals surface area contributed by atoms with E-state index >= 15 is 0 Å². The Morgan fingerprint density at radius 2 is 1.86 bits per heavy atom. The minimum absolute atomic E-state index is 0.308. The molecule has 0 aliphatic rings. The smallest absolute Gasteiger partial charge is 0.259 e. The van der Waals surface area contributed by atoms with Gasteiger partial charge in [-0.2, -0.15) is 0 Å². The van der Waals surface area contributed by atoms with Gasteiger partial charge in [-0.1, -0.05) is 0 Å². The first-order chi connectivity index (χ1) is 10.2. The average Bonchev–Trinajstić information content (AvgIpc) is 2.54. The van der Waals surface area contributed by atoms with E-state index in [4.69, 9.17) is 14.2 Å². The van der Waals surface area contributed by atoms with Crippen molar-refractivity contribution >= 4 is 11.6 Å². The number of hydrogen-bond donors (Lipinski definition) is 1. The van der Waals surface area contributed by atoms with Crippen molar-refractivity contribution in [2.24, 2.45) is 0 Å². The number of ether oxygens (including phenoxy) is 3. The zero-order valence-corrected chi connectivity index (χ0v) is 12.0. The van der Waals surface area contributed by atoms with Crippen LogP contribution in [0.15, 0.2) is 36.5 Å². The van der Waals surface area contributed by atoms with E-state index in [-0.39, 0.29) is 5.91 Å². The summed E-state index contributed by atoms with van der Waals surface area (Å²) in [6.45, 7) is 0. The van der Waals surface area contributed by atoms with Gasteiger partial charge in [0.05, 0.1) is 38.8 Å². The highest BCUT2D eigenvalue weighted by Gasteiger charge is 2.14. The van der Waals surface area contributed by atoms with Gasteiger partial charge in [0.15, 0.2) is 0 Å². The predicted molar refractivity (Wildman–Crippen MR) is 78.3 cm³/mol. The highest BCUT2D eigenvalue weighted by Crippen LogP contribution is 2.25. The molecule has 0 saturated heterocycles. The second kappa shape index (κ2) is 6.60. The van der Waals surface area contributed by atoms with Crippen LogP contribution >= 0.6 is 0 Å². The maximum atomic E-state index is 12.3. The Morgan fingerprint density at radius 1 is 1.05 bits per heavy atom. The Bertz CT molecular complexity index is 626. The summed E-state index contributed by atoms with van der Waals surface area (Å²) in [7, 11) is 4.58. The molecule has 6 nitrogen and oxygen atoms in total. The van der Waals surface area contributed by atoms with Crippen LogP contribution in [-0.4, -0.2) is 32.2 Å². The molecular weight excluding hydrogens is 272 g/mol. The van der Waals surface area contributed by atoms with Crippen LogP contribution in [0.25, 0.3) is 0 Å². The van der Waals surface area contributed by atoms with E-state index in [0.29, 0.717) is 28.6 Å². The third-order valence-corrected chi connectivity index (χ3v) is 2.85. The van der Waals surface area contributed by atoms with Crippen molar-refractivity contribution in [1.82, 2.24) is 4.98 Å². The fourth-order valence-corrected chi connectivity index (χ4v) is 1.76. The fourth-order valence-electron chi connectivity index (χ4n) is 1.76. The number of amides is 1. The SMILES string of the molecule is COc1ccc(OC)c(C(=O)Nc2ccc(OC)nc2)c1. The average molecular weight is 288 g/mol. The zero-order chi connectivity index (χ0) is 15.2. The highest BCUT2D eigenvalue weighted by atomic mass is 16.5. The summed E-state index contributed by atoms with van der Waals surface area (Å²) < 4.78 is 15.3. The Hall–Kier alpha value is -2.76. The lowest BCUT2D eigenvalue weighted by Gasteiger charge is -2.11. The molecule has 1 amide bonds. The van der Waals surface area contributed by atoms with Gasteiger partial charge in [0.2, 0.25) is 5.88 Å². The van der Waals surface area contributed by atoms with Crippen molar-refractivity contribution in [3.05, 3.63) is 42.1 Å². The molecule has 0 spiro atoms. The number of anilines is 1. The van der Waals surface area contributed by atoms with Crippen LogP contribution in [0, 0.1) is 0 Å². The Morgan fingerprint density at radius 3 is 2.43 bits per heavy atom. The third-order valence-electron chi connectivity index (χ3n) is 2.85. The molecule has 0 aliphatic carbocycles. The van der Waals surface area contributed by atoms with Crippen molar-refractivity contribution in [2.75, 3.05) is 26.6 Å². The number of nitrogens with one attached hydrogen (secondary N) is 1.